The van der Waals surface area contributed by atoms with Crippen molar-refractivity contribution in [2.75, 3.05) is 19.0 Å². The summed E-state index contributed by atoms with van der Waals surface area (Å²) >= 11 is 0.911. The zero-order valence-electron chi connectivity index (χ0n) is 19.9. The number of carbonyl (C=O) groups excluding carboxylic acids is 2. The molecule has 4 N–H and O–H groups in total. The summed E-state index contributed by atoms with van der Waals surface area (Å²) in [5, 5.41) is 39.6. The first-order chi connectivity index (χ1) is 15.8. The van der Waals surface area contributed by atoms with Crippen LogP contribution in [0.5, 0.6) is 0 Å². The summed E-state index contributed by atoms with van der Waals surface area (Å²) < 4.78 is 16.2. The Morgan fingerprint density at radius 1 is 0.939 bits per heavy atom. The summed E-state index contributed by atoms with van der Waals surface area (Å²) in [5.74, 6) is -0.325. The van der Waals surface area contributed by atoms with E-state index in [0.717, 1.165) is 31.0 Å². The van der Waals surface area contributed by atoms with Crippen LogP contribution < -0.4 is 0 Å². The molecule has 10 heteroatoms. The van der Waals surface area contributed by atoms with Gasteiger partial charge in [0, 0.05) is 19.1 Å². The highest BCUT2D eigenvalue weighted by molar-refractivity contribution is 8.13. The summed E-state index contributed by atoms with van der Waals surface area (Å²) in [6, 6.07) is 0. The van der Waals surface area contributed by atoms with Crippen LogP contribution in [-0.2, 0) is 23.8 Å². The molecule has 0 radical (unpaired) electrons. The summed E-state index contributed by atoms with van der Waals surface area (Å²) in [6.07, 6.45) is 2.79. The average molecular weight is 495 g/mol. The SMILES string of the molecule is CCCCCCCCCCCC(=O)OC[C@H](CO)O[C@@H]1O[C@H](CSC(C)=O)[C@@H](O)[C@H](O)[C@H]1O. The number of hydrogen-bond acceptors (Lipinski definition) is 10. The average Bonchev–Trinajstić information content (AvgIpc) is 2.79. The van der Waals surface area contributed by atoms with Crippen LogP contribution in [-0.4, -0.2) is 87.3 Å². The molecule has 1 fully saturated rings. The van der Waals surface area contributed by atoms with Gasteiger partial charge in [-0.1, -0.05) is 70.1 Å². The van der Waals surface area contributed by atoms with Crippen LogP contribution in [0.4, 0.5) is 0 Å². The molecule has 9 nitrogen and oxygen atoms in total. The largest absolute Gasteiger partial charge is 0.463 e. The molecule has 0 aromatic carbocycles. The fourth-order valence-corrected chi connectivity index (χ4v) is 4.20. The molecule has 1 saturated heterocycles. The third kappa shape index (κ3) is 12.5. The van der Waals surface area contributed by atoms with E-state index in [2.05, 4.69) is 6.92 Å². The first-order valence-corrected chi connectivity index (χ1v) is 13.0. The molecular weight excluding hydrogens is 452 g/mol. The van der Waals surface area contributed by atoms with Gasteiger partial charge in [0.25, 0.3) is 0 Å². The lowest BCUT2D eigenvalue weighted by atomic mass is 10.00. The van der Waals surface area contributed by atoms with Crippen molar-refractivity contribution < 1.29 is 44.2 Å². The molecule has 0 amide bonds. The van der Waals surface area contributed by atoms with Crippen molar-refractivity contribution >= 4 is 22.8 Å². The Bertz CT molecular complexity index is 548. The number of carbonyl (C=O) groups is 2. The van der Waals surface area contributed by atoms with Gasteiger partial charge in [-0.3, -0.25) is 9.59 Å². The second-order valence-corrected chi connectivity index (χ2v) is 9.72. The molecule has 33 heavy (non-hydrogen) atoms. The maximum Gasteiger partial charge on any atom is 0.305 e. The van der Waals surface area contributed by atoms with E-state index in [0.29, 0.717) is 0 Å². The van der Waals surface area contributed by atoms with Gasteiger partial charge >= 0.3 is 5.97 Å². The molecule has 0 aromatic heterocycles. The van der Waals surface area contributed by atoms with Crippen molar-refractivity contribution in [2.45, 2.75) is 115 Å². The number of hydrogen-bond donors (Lipinski definition) is 4. The zero-order valence-corrected chi connectivity index (χ0v) is 20.7. The van der Waals surface area contributed by atoms with Crippen LogP contribution in [0.15, 0.2) is 0 Å². The number of esters is 1. The van der Waals surface area contributed by atoms with E-state index in [1.807, 2.05) is 0 Å². The van der Waals surface area contributed by atoms with E-state index in [-0.39, 0.29) is 23.9 Å². The van der Waals surface area contributed by atoms with E-state index in [4.69, 9.17) is 14.2 Å². The Balaban J connectivity index is 2.31. The molecule has 0 saturated carbocycles. The van der Waals surface area contributed by atoms with Gasteiger partial charge in [-0.25, -0.2) is 0 Å². The molecular formula is C23H42O9S. The highest BCUT2D eigenvalue weighted by atomic mass is 32.2. The maximum atomic E-state index is 12.0. The van der Waals surface area contributed by atoms with Gasteiger partial charge in [0.05, 0.1) is 12.7 Å². The van der Waals surface area contributed by atoms with Gasteiger partial charge in [0.2, 0.25) is 0 Å². The predicted molar refractivity (Wildman–Crippen MR) is 125 cm³/mol. The van der Waals surface area contributed by atoms with Crippen molar-refractivity contribution in [3.63, 3.8) is 0 Å². The first-order valence-electron chi connectivity index (χ1n) is 12.0. The summed E-state index contributed by atoms with van der Waals surface area (Å²) in [7, 11) is 0. The lowest BCUT2D eigenvalue weighted by molar-refractivity contribution is -0.307. The van der Waals surface area contributed by atoms with Gasteiger partial charge in [-0.15, -0.1) is 0 Å². The number of aliphatic hydroxyl groups excluding tert-OH is 4. The summed E-state index contributed by atoms with van der Waals surface area (Å²) in [6.45, 7) is 2.84. The fraction of sp³-hybridized carbons (Fsp3) is 0.913. The van der Waals surface area contributed by atoms with Crippen molar-refractivity contribution in [3.05, 3.63) is 0 Å². The molecule has 6 atom stereocenters. The number of ether oxygens (including phenoxy) is 3. The van der Waals surface area contributed by atoms with Crippen molar-refractivity contribution in [2.24, 2.45) is 0 Å². The molecule has 0 aromatic rings. The van der Waals surface area contributed by atoms with Gasteiger partial charge in [0.15, 0.2) is 11.4 Å². The second-order valence-electron chi connectivity index (χ2n) is 8.52. The third-order valence-electron chi connectivity index (χ3n) is 5.56. The lowest BCUT2D eigenvalue weighted by Gasteiger charge is -2.41. The maximum absolute atomic E-state index is 12.0. The van der Waals surface area contributed by atoms with Crippen LogP contribution in [0.3, 0.4) is 0 Å². The Kier molecular flexibility index (Phi) is 16.2. The number of thioether (sulfide) groups is 1. The van der Waals surface area contributed by atoms with E-state index in [1.165, 1.54) is 45.4 Å². The van der Waals surface area contributed by atoms with Crippen LogP contribution in [0.1, 0.15) is 78.1 Å². The van der Waals surface area contributed by atoms with Gasteiger partial charge in [-0.2, -0.15) is 0 Å². The predicted octanol–water partition coefficient (Wildman–Crippen LogP) is 1.92. The highest BCUT2D eigenvalue weighted by Crippen LogP contribution is 2.25. The minimum atomic E-state index is -1.56. The zero-order chi connectivity index (χ0) is 24.6. The van der Waals surface area contributed by atoms with Gasteiger partial charge < -0.3 is 34.6 Å². The van der Waals surface area contributed by atoms with Crippen molar-refractivity contribution in [1.82, 2.24) is 0 Å². The van der Waals surface area contributed by atoms with Crippen molar-refractivity contribution in [3.8, 4) is 0 Å². The Labute approximate surface area is 201 Å². The van der Waals surface area contributed by atoms with Crippen LogP contribution in [0, 0.1) is 0 Å². The lowest BCUT2D eigenvalue weighted by Crippen LogP contribution is -2.59. The normalized spacial score (nSPS) is 26.2. The molecule has 1 aliphatic heterocycles. The number of unbranched alkanes of at least 4 members (excludes halogenated alkanes) is 8. The quantitative estimate of drug-likeness (QED) is 0.175. The Morgan fingerprint density at radius 2 is 1.55 bits per heavy atom. The van der Waals surface area contributed by atoms with E-state index in [9.17, 15) is 30.0 Å². The van der Waals surface area contributed by atoms with E-state index < -0.39 is 49.4 Å². The monoisotopic (exact) mass is 494 g/mol. The molecule has 0 bridgehead atoms. The fourth-order valence-electron chi connectivity index (χ4n) is 3.53. The van der Waals surface area contributed by atoms with Crippen LogP contribution in [0.25, 0.3) is 0 Å². The Hall–Kier alpha value is -0.750. The standard InChI is InChI=1S/C23H42O9S/c1-3-4-5-6-7-8-9-10-11-12-19(26)30-14-17(13-24)31-23-22(29)21(28)20(27)18(32-23)15-33-16(2)25/h17-18,20-24,27-29H,3-15H2,1-2H3/t17-,18+,20+,21-,22+,23+/m0/s1. The smallest absolute Gasteiger partial charge is 0.305 e. The van der Waals surface area contributed by atoms with Gasteiger partial charge in [-0.05, 0) is 6.42 Å². The molecule has 0 aliphatic carbocycles. The number of rotatable bonds is 17. The summed E-state index contributed by atoms with van der Waals surface area (Å²) in [5.41, 5.74) is 0. The van der Waals surface area contributed by atoms with Crippen LogP contribution >= 0.6 is 11.8 Å². The molecule has 0 unspecified atom stereocenters. The van der Waals surface area contributed by atoms with E-state index in [1.54, 1.807) is 0 Å². The summed E-state index contributed by atoms with van der Waals surface area (Å²) in [4.78, 5) is 23.1. The Morgan fingerprint density at radius 3 is 2.12 bits per heavy atom. The molecule has 1 heterocycles. The van der Waals surface area contributed by atoms with E-state index >= 15 is 0 Å². The molecule has 1 rings (SSSR count). The molecule has 0 spiro atoms. The van der Waals surface area contributed by atoms with Crippen LogP contribution in [0.2, 0.25) is 0 Å². The topological polar surface area (TPSA) is 143 Å². The minimum absolute atomic E-state index is 0.0671. The van der Waals surface area contributed by atoms with Crippen molar-refractivity contribution in [1.29, 1.82) is 0 Å². The molecule has 1 aliphatic rings. The highest BCUT2D eigenvalue weighted by Gasteiger charge is 2.45. The van der Waals surface area contributed by atoms with Gasteiger partial charge in [0.1, 0.15) is 31.0 Å². The molecule has 194 valence electrons. The second kappa shape index (κ2) is 17.7. The third-order valence-corrected chi connectivity index (χ3v) is 6.47. The first kappa shape index (κ1) is 30.3. The minimum Gasteiger partial charge on any atom is -0.463 e. The number of aliphatic hydroxyl groups is 4.